The van der Waals surface area contributed by atoms with Crippen molar-refractivity contribution >= 4 is 40.1 Å². The van der Waals surface area contributed by atoms with E-state index in [0.717, 1.165) is 10.9 Å². The SMILES string of the molecule is Cl.NC1CCCSc2ccc(Br)cc21. The molecule has 0 radical (unpaired) electrons. The Morgan fingerprint density at radius 3 is 3.00 bits per heavy atom. The molecule has 1 unspecified atom stereocenters. The summed E-state index contributed by atoms with van der Waals surface area (Å²) in [7, 11) is 0. The van der Waals surface area contributed by atoms with Crippen molar-refractivity contribution in [2.24, 2.45) is 5.73 Å². The molecule has 2 N–H and O–H groups in total. The van der Waals surface area contributed by atoms with Crippen LogP contribution < -0.4 is 5.73 Å². The first kappa shape index (κ1) is 12.4. The van der Waals surface area contributed by atoms with Crippen LogP contribution in [-0.4, -0.2) is 5.75 Å². The van der Waals surface area contributed by atoms with Crippen LogP contribution in [0.15, 0.2) is 27.6 Å². The Balaban J connectivity index is 0.000000980. The summed E-state index contributed by atoms with van der Waals surface area (Å²) < 4.78 is 1.13. The Morgan fingerprint density at radius 2 is 2.21 bits per heavy atom. The monoisotopic (exact) mass is 293 g/mol. The number of rotatable bonds is 0. The predicted molar refractivity (Wildman–Crippen MR) is 68.3 cm³/mol. The lowest BCUT2D eigenvalue weighted by Crippen LogP contribution is -2.09. The van der Waals surface area contributed by atoms with Gasteiger partial charge in [0, 0.05) is 15.4 Å². The number of thioether (sulfide) groups is 1. The molecule has 1 aliphatic heterocycles. The molecule has 1 aromatic carbocycles. The maximum absolute atomic E-state index is 6.08. The van der Waals surface area contributed by atoms with Gasteiger partial charge in [0.25, 0.3) is 0 Å². The molecule has 0 saturated heterocycles. The van der Waals surface area contributed by atoms with E-state index in [2.05, 4.69) is 34.1 Å². The van der Waals surface area contributed by atoms with Gasteiger partial charge in [-0.3, -0.25) is 0 Å². The molecule has 1 aromatic rings. The van der Waals surface area contributed by atoms with Gasteiger partial charge in [0.1, 0.15) is 0 Å². The predicted octanol–water partition coefficient (Wildman–Crippen LogP) is 3.76. The summed E-state index contributed by atoms with van der Waals surface area (Å²) in [6, 6.07) is 6.62. The normalized spacial score (nSPS) is 20.6. The summed E-state index contributed by atoms with van der Waals surface area (Å²) in [5, 5.41) is 0. The standard InChI is InChI=1S/C10H12BrNS.ClH/c11-7-3-4-10-8(6-7)9(12)2-1-5-13-10;/h3-4,6,9H,1-2,5,12H2;1H. The van der Waals surface area contributed by atoms with Gasteiger partial charge in [-0.2, -0.15) is 0 Å². The lowest BCUT2D eigenvalue weighted by Gasteiger charge is -2.11. The zero-order chi connectivity index (χ0) is 9.26. The number of benzene rings is 1. The zero-order valence-electron chi connectivity index (χ0n) is 7.70. The minimum Gasteiger partial charge on any atom is -0.324 e. The first-order valence-electron chi connectivity index (χ1n) is 4.45. The smallest absolute Gasteiger partial charge is 0.0306 e. The molecule has 0 spiro atoms. The van der Waals surface area contributed by atoms with Gasteiger partial charge in [-0.25, -0.2) is 0 Å². The third-order valence-corrected chi connectivity index (χ3v) is 3.96. The van der Waals surface area contributed by atoms with E-state index in [4.69, 9.17) is 5.73 Å². The lowest BCUT2D eigenvalue weighted by molar-refractivity contribution is 0.640. The Labute approximate surface area is 103 Å². The third-order valence-electron chi connectivity index (χ3n) is 2.29. The van der Waals surface area contributed by atoms with Crippen molar-refractivity contribution in [1.29, 1.82) is 0 Å². The summed E-state index contributed by atoms with van der Waals surface area (Å²) in [6.07, 6.45) is 2.33. The van der Waals surface area contributed by atoms with Crippen LogP contribution in [0.1, 0.15) is 24.4 Å². The Morgan fingerprint density at radius 1 is 1.43 bits per heavy atom. The first-order valence-corrected chi connectivity index (χ1v) is 6.23. The van der Waals surface area contributed by atoms with E-state index in [1.807, 2.05) is 11.8 Å². The first-order chi connectivity index (χ1) is 6.27. The second kappa shape index (κ2) is 5.40. The van der Waals surface area contributed by atoms with Crippen molar-refractivity contribution in [3.8, 4) is 0 Å². The average Bonchev–Trinajstić information content (AvgIpc) is 2.29. The van der Waals surface area contributed by atoms with Crippen molar-refractivity contribution < 1.29 is 0 Å². The topological polar surface area (TPSA) is 26.0 Å². The number of nitrogens with two attached hydrogens (primary N) is 1. The maximum Gasteiger partial charge on any atom is 0.0306 e. The third kappa shape index (κ3) is 2.66. The van der Waals surface area contributed by atoms with Crippen LogP contribution in [0.3, 0.4) is 0 Å². The van der Waals surface area contributed by atoms with Gasteiger partial charge in [0.05, 0.1) is 0 Å². The molecule has 4 heteroatoms. The average molecular weight is 295 g/mol. The molecule has 0 amide bonds. The molecular formula is C10H13BrClNS. The van der Waals surface area contributed by atoms with E-state index < -0.39 is 0 Å². The van der Waals surface area contributed by atoms with Crippen molar-refractivity contribution in [3.63, 3.8) is 0 Å². The Kier molecular flexibility index (Phi) is 4.77. The maximum atomic E-state index is 6.08. The van der Waals surface area contributed by atoms with Gasteiger partial charge in [-0.15, -0.1) is 24.2 Å². The number of halogens is 2. The van der Waals surface area contributed by atoms with E-state index in [-0.39, 0.29) is 18.4 Å². The van der Waals surface area contributed by atoms with E-state index >= 15 is 0 Å². The highest BCUT2D eigenvalue weighted by Gasteiger charge is 2.15. The lowest BCUT2D eigenvalue weighted by atomic mass is 10.0. The molecule has 1 nitrogen and oxygen atoms in total. The van der Waals surface area contributed by atoms with Crippen molar-refractivity contribution in [1.82, 2.24) is 0 Å². The summed E-state index contributed by atoms with van der Waals surface area (Å²) in [4.78, 5) is 1.35. The number of fused-ring (bicyclic) bond motifs is 1. The van der Waals surface area contributed by atoms with Gasteiger partial charge in [0.2, 0.25) is 0 Å². The molecule has 14 heavy (non-hydrogen) atoms. The summed E-state index contributed by atoms with van der Waals surface area (Å²) >= 11 is 5.40. The van der Waals surface area contributed by atoms with Crippen molar-refractivity contribution in [2.45, 2.75) is 23.8 Å². The molecule has 1 atom stereocenters. The van der Waals surface area contributed by atoms with Crippen LogP contribution in [-0.2, 0) is 0 Å². The van der Waals surface area contributed by atoms with E-state index in [1.165, 1.54) is 22.6 Å². The molecular weight excluding hydrogens is 282 g/mol. The fraction of sp³-hybridized carbons (Fsp3) is 0.400. The van der Waals surface area contributed by atoms with Gasteiger partial charge in [-0.05, 0) is 42.4 Å². The largest absolute Gasteiger partial charge is 0.324 e. The van der Waals surface area contributed by atoms with Crippen LogP contribution in [0.4, 0.5) is 0 Å². The highest BCUT2D eigenvalue weighted by Crippen LogP contribution is 2.34. The van der Waals surface area contributed by atoms with Crippen LogP contribution in [0, 0.1) is 0 Å². The van der Waals surface area contributed by atoms with Crippen molar-refractivity contribution in [3.05, 3.63) is 28.2 Å². The molecule has 1 aliphatic rings. The molecule has 0 aliphatic carbocycles. The van der Waals surface area contributed by atoms with Gasteiger partial charge in [-0.1, -0.05) is 15.9 Å². The Bertz CT molecular complexity index is 319. The van der Waals surface area contributed by atoms with Crippen LogP contribution >= 0.6 is 40.1 Å². The molecule has 78 valence electrons. The molecule has 0 saturated carbocycles. The second-order valence-electron chi connectivity index (χ2n) is 3.28. The summed E-state index contributed by atoms with van der Waals surface area (Å²) in [5.74, 6) is 1.20. The van der Waals surface area contributed by atoms with Crippen LogP contribution in [0.5, 0.6) is 0 Å². The summed E-state index contributed by atoms with van der Waals surface area (Å²) in [6.45, 7) is 0. The summed E-state index contributed by atoms with van der Waals surface area (Å²) in [5.41, 5.74) is 7.38. The molecule has 2 rings (SSSR count). The minimum atomic E-state index is 0. The van der Waals surface area contributed by atoms with E-state index in [0.29, 0.717) is 0 Å². The highest BCUT2D eigenvalue weighted by molar-refractivity contribution is 9.10. The van der Waals surface area contributed by atoms with E-state index in [9.17, 15) is 0 Å². The number of hydrogen-bond donors (Lipinski definition) is 1. The zero-order valence-corrected chi connectivity index (χ0v) is 10.9. The van der Waals surface area contributed by atoms with Crippen molar-refractivity contribution in [2.75, 3.05) is 5.75 Å². The number of hydrogen-bond acceptors (Lipinski definition) is 2. The fourth-order valence-corrected chi connectivity index (χ4v) is 3.03. The molecule has 0 aromatic heterocycles. The molecule has 0 fully saturated rings. The Hall–Kier alpha value is 0.300. The van der Waals surface area contributed by atoms with E-state index in [1.54, 1.807) is 0 Å². The highest BCUT2D eigenvalue weighted by atomic mass is 79.9. The quantitative estimate of drug-likeness (QED) is 0.788. The van der Waals surface area contributed by atoms with Crippen LogP contribution in [0.2, 0.25) is 0 Å². The van der Waals surface area contributed by atoms with Crippen LogP contribution in [0.25, 0.3) is 0 Å². The molecule has 1 heterocycles. The minimum absolute atomic E-state index is 0. The second-order valence-corrected chi connectivity index (χ2v) is 5.33. The van der Waals surface area contributed by atoms with Gasteiger partial charge >= 0.3 is 0 Å². The molecule has 0 bridgehead atoms. The van der Waals surface area contributed by atoms with Gasteiger partial charge < -0.3 is 5.73 Å². The van der Waals surface area contributed by atoms with Gasteiger partial charge in [0.15, 0.2) is 0 Å². The fourth-order valence-electron chi connectivity index (χ4n) is 1.58.